The van der Waals surface area contributed by atoms with Crippen molar-refractivity contribution in [2.24, 2.45) is 0 Å². The lowest BCUT2D eigenvalue weighted by Crippen LogP contribution is -2.06. The van der Waals surface area contributed by atoms with E-state index in [1.54, 1.807) is 30.3 Å². The lowest BCUT2D eigenvalue weighted by Gasteiger charge is -2.08. The minimum atomic E-state index is -0.473. The summed E-state index contributed by atoms with van der Waals surface area (Å²) in [6, 6.07) is 9.75. The van der Waals surface area contributed by atoms with Crippen LogP contribution >= 0.6 is 23.2 Å². The molecule has 2 N–H and O–H groups in total. The molecule has 21 heavy (non-hydrogen) atoms. The number of esters is 1. The first-order valence-electron chi connectivity index (χ1n) is 6.06. The molecule has 6 heteroatoms. The summed E-state index contributed by atoms with van der Waals surface area (Å²) in [5.41, 5.74) is 7.26. The van der Waals surface area contributed by atoms with E-state index in [0.29, 0.717) is 27.0 Å². The average molecular weight is 326 g/mol. The summed E-state index contributed by atoms with van der Waals surface area (Å²) < 4.78 is 10.3. The number of carbonyl (C=O) groups excluding carboxylic acids is 1. The standard InChI is InChI=1S/C15H13Cl2NO3/c1-20-14-7-10(3-5-13(14)18)15(19)21-8-9-2-4-11(16)12(17)6-9/h2-7H,8,18H2,1H3. The van der Waals surface area contributed by atoms with Crippen LogP contribution in [0.1, 0.15) is 15.9 Å². The van der Waals surface area contributed by atoms with Gasteiger partial charge < -0.3 is 15.2 Å². The van der Waals surface area contributed by atoms with E-state index < -0.39 is 5.97 Å². The molecule has 0 heterocycles. The minimum absolute atomic E-state index is 0.0996. The molecule has 0 amide bonds. The number of hydrogen-bond donors (Lipinski definition) is 1. The Morgan fingerprint density at radius 1 is 1.14 bits per heavy atom. The molecular formula is C15H13Cl2NO3. The van der Waals surface area contributed by atoms with Crippen molar-refractivity contribution in [1.29, 1.82) is 0 Å². The van der Waals surface area contributed by atoms with Crippen molar-refractivity contribution in [3.8, 4) is 5.75 Å². The van der Waals surface area contributed by atoms with E-state index in [4.69, 9.17) is 38.4 Å². The number of nitrogens with two attached hydrogens (primary N) is 1. The zero-order valence-electron chi connectivity index (χ0n) is 11.2. The van der Waals surface area contributed by atoms with Gasteiger partial charge in [0.1, 0.15) is 12.4 Å². The van der Waals surface area contributed by atoms with Crippen LogP contribution in [-0.4, -0.2) is 13.1 Å². The lowest BCUT2D eigenvalue weighted by molar-refractivity contribution is 0.0472. The van der Waals surface area contributed by atoms with Crippen LogP contribution < -0.4 is 10.5 Å². The SMILES string of the molecule is COc1cc(C(=O)OCc2ccc(Cl)c(Cl)c2)ccc1N. The first-order valence-corrected chi connectivity index (χ1v) is 6.81. The quantitative estimate of drug-likeness (QED) is 0.683. The van der Waals surface area contributed by atoms with Crippen molar-refractivity contribution in [3.05, 3.63) is 57.6 Å². The Kier molecular flexibility index (Phi) is 4.94. The summed E-state index contributed by atoms with van der Waals surface area (Å²) in [4.78, 5) is 12.0. The second kappa shape index (κ2) is 6.70. The Hall–Kier alpha value is -1.91. The zero-order valence-corrected chi connectivity index (χ0v) is 12.7. The fourth-order valence-corrected chi connectivity index (χ4v) is 2.02. The maximum Gasteiger partial charge on any atom is 0.338 e. The summed E-state index contributed by atoms with van der Waals surface area (Å²) in [7, 11) is 1.48. The van der Waals surface area contributed by atoms with Crippen molar-refractivity contribution < 1.29 is 14.3 Å². The number of ether oxygens (including phenoxy) is 2. The van der Waals surface area contributed by atoms with E-state index in [-0.39, 0.29) is 6.61 Å². The number of benzene rings is 2. The highest BCUT2D eigenvalue weighted by Crippen LogP contribution is 2.24. The van der Waals surface area contributed by atoms with Crippen molar-refractivity contribution >= 4 is 34.9 Å². The summed E-state index contributed by atoms with van der Waals surface area (Å²) >= 11 is 11.7. The summed E-state index contributed by atoms with van der Waals surface area (Å²) in [5.74, 6) is -0.0432. The maximum atomic E-state index is 12.0. The Labute approximate surface area is 132 Å². The molecule has 0 radical (unpaired) electrons. The molecule has 0 aliphatic heterocycles. The molecule has 0 atom stereocenters. The molecule has 4 nitrogen and oxygen atoms in total. The highest BCUT2D eigenvalue weighted by molar-refractivity contribution is 6.42. The molecule has 110 valence electrons. The predicted octanol–water partition coefficient (Wildman–Crippen LogP) is 3.94. The number of methoxy groups -OCH3 is 1. The smallest absolute Gasteiger partial charge is 0.338 e. The van der Waals surface area contributed by atoms with Gasteiger partial charge in [-0.25, -0.2) is 4.79 Å². The minimum Gasteiger partial charge on any atom is -0.495 e. The summed E-state index contributed by atoms with van der Waals surface area (Å²) in [6.07, 6.45) is 0. The lowest BCUT2D eigenvalue weighted by atomic mass is 10.2. The number of rotatable bonds is 4. The van der Waals surface area contributed by atoms with Crippen LogP contribution in [0.4, 0.5) is 5.69 Å². The predicted molar refractivity (Wildman–Crippen MR) is 83.0 cm³/mol. The molecule has 0 unspecified atom stereocenters. The maximum absolute atomic E-state index is 12.0. The number of anilines is 1. The fraction of sp³-hybridized carbons (Fsp3) is 0.133. The van der Waals surface area contributed by atoms with Gasteiger partial charge in [-0.1, -0.05) is 29.3 Å². The average Bonchev–Trinajstić information content (AvgIpc) is 2.48. The molecule has 2 aromatic rings. The van der Waals surface area contributed by atoms with E-state index in [1.807, 2.05) is 0 Å². The normalized spacial score (nSPS) is 10.2. The topological polar surface area (TPSA) is 61.5 Å². The molecule has 0 spiro atoms. The van der Waals surface area contributed by atoms with Gasteiger partial charge in [-0.3, -0.25) is 0 Å². The molecule has 0 aliphatic carbocycles. The summed E-state index contributed by atoms with van der Waals surface area (Å²) in [6.45, 7) is 0.0996. The first kappa shape index (κ1) is 15.5. The third kappa shape index (κ3) is 3.80. The molecule has 0 aromatic heterocycles. The van der Waals surface area contributed by atoms with Gasteiger partial charge in [0.05, 0.1) is 28.4 Å². The van der Waals surface area contributed by atoms with E-state index >= 15 is 0 Å². The van der Waals surface area contributed by atoms with Gasteiger partial charge in [0.15, 0.2) is 0 Å². The van der Waals surface area contributed by atoms with Crippen molar-refractivity contribution in [2.75, 3.05) is 12.8 Å². The molecule has 0 aliphatic rings. The highest BCUT2D eigenvalue weighted by Gasteiger charge is 2.11. The van der Waals surface area contributed by atoms with Crippen LogP contribution in [-0.2, 0) is 11.3 Å². The molecular weight excluding hydrogens is 313 g/mol. The first-order chi connectivity index (χ1) is 10.0. The molecule has 2 aromatic carbocycles. The van der Waals surface area contributed by atoms with Gasteiger partial charge in [-0.2, -0.15) is 0 Å². The molecule has 0 bridgehead atoms. The van der Waals surface area contributed by atoms with E-state index in [9.17, 15) is 4.79 Å². The van der Waals surface area contributed by atoms with Crippen molar-refractivity contribution in [1.82, 2.24) is 0 Å². The van der Waals surface area contributed by atoms with Gasteiger partial charge in [0, 0.05) is 0 Å². The van der Waals surface area contributed by atoms with E-state index in [0.717, 1.165) is 5.56 Å². The van der Waals surface area contributed by atoms with Gasteiger partial charge in [-0.05, 0) is 35.9 Å². The van der Waals surface area contributed by atoms with Crippen LogP contribution in [0.15, 0.2) is 36.4 Å². The van der Waals surface area contributed by atoms with Crippen LogP contribution in [0.5, 0.6) is 5.75 Å². The number of halogens is 2. The molecule has 0 fully saturated rings. The van der Waals surface area contributed by atoms with Crippen molar-refractivity contribution in [2.45, 2.75) is 6.61 Å². The fourth-order valence-electron chi connectivity index (χ4n) is 1.70. The number of carbonyl (C=O) groups is 1. The molecule has 0 saturated heterocycles. The second-order valence-corrected chi connectivity index (χ2v) is 5.10. The Morgan fingerprint density at radius 2 is 1.90 bits per heavy atom. The van der Waals surface area contributed by atoms with Crippen LogP contribution in [0.25, 0.3) is 0 Å². The van der Waals surface area contributed by atoms with Gasteiger partial charge in [0.25, 0.3) is 0 Å². The zero-order chi connectivity index (χ0) is 15.4. The number of nitrogen functional groups attached to an aromatic ring is 1. The highest BCUT2D eigenvalue weighted by atomic mass is 35.5. The second-order valence-electron chi connectivity index (χ2n) is 4.28. The van der Waals surface area contributed by atoms with Gasteiger partial charge in [-0.15, -0.1) is 0 Å². The van der Waals surface area contributed by atoms with E-state index in [1.165, 1.54) is 13.2 Å². The van der Waals surface area contributed by atoms with Gasteiger partial charge >= 0.3 is 5.97 Å². The van der Waals surface area contributed by atoms with Crippen molar-refractivity contribution in [3.63, 3.8) is 0 Å². The van der Waals surface area contributed by atoms with Crippen LogP contribution in [0.3, 0.4) is 0 Å². The van der Waals surface area contributed by atoms with E-state index in [2.05, 4.69) is 0 Å². The molecule has 2 rings (SSSR count). The van der Waals surface area contributed by atoms with Gasteiger partial charge in [0.2, 0.25) is 0 Å². The monoisotopic (exact) mass is 325 g/mol. The molecule has 0 saturated carbocycles. The third-order valence-corrected chi connectivity index (χ3v) is 3.56. The third-order valence-electron chi connectivity index (χ3n) is 2.82. The Bertz CT molecular complexity index is 674. The van der Waals surface area contributed by atoms with Crippen LogP contribution in [0.2, 0.25) is 10.0 Å². The Balaban J connectivity index is 2.06. The number of hydrogen-bond acceptors (Lipinski definition) is 4. The van der Waals surface area contributed by atoms with Crippen LogP contribution in [0, 0.1) is 0 Å². The Morgan fingerprint density at radius 3 is 2.57 bits per heavy atom. The summed E-state index contributed by atoms with van der Waals surface area (Å²) in [5, 5.41) is 0.870. The largest absolute Gasteiger partial charge is 0.495 e.